The van der Waals surface area contributed by atoms with E-state index < -0.39 is 10.0 Å². The third-order valence-electron chi connectivity index (χ3n) is 4.39. The van der Waals surface area contributed by atoms with Crippen molar-refractivity contribution in [2.45, 2.75) is 18.7 Å². The highest BCUT2D eigenvalue weighted by atomic mass is 79.9. The van der Waals surface area contributed by atoms with Crippen LogP contribution in [-0.4, -0.2) is 20.9 Å². The first-order chi connectivity index (χ1) is 14.2. The third-order valence-corrected chi connectivity index (χ3v) is 6.32. The van der Waals surface area contributed by atoms with Crippen molar-refractivity contribution in [1.82, 2.24) is 0 Å². The molecule has 30 heavy (non-hydrogen) atoms. The maximum atomic E-state index is 12.5. The van der Waals surface area contributed by atoms with Crippen molar-refractivity contribution in [3.05, 3.63) is 82.3 Å². The molecule has 0 aliphatic rings. The summed E-state index contributed by atoms with van der Waals surface area (Å²) in [4.78, 5) is 12.2. The minimum Gasteiger partial charge on any atom is -0.484 e. The molecule has 0 unspecified atom stereocenters. The summed E-state index contributed by atoms with van der Waals surface area (Å²) in [6.07, 6.45) is 0. The minimum atomic E-state index is -3.72. The van der Waals surface area contributed by atoms with Gasteiger partial charge in [-0.25, -0.2) is 8.42 Å². The number of sulfonamides is 1. The van der Waals surface area contributed by atoms with Crippen LogP contribution in [-0.2, 0) is 14.8 Å². The number of amides is 1. The van der Waals surface area contributed by atoms with E-state index in [0.717, 1.165) is 15.6 Å². The summed E-state index contributed by atoms with van der Waals surface area (Å²) >= 11 is 3.31. The molecule has 3 rings (SSSR count). The largest absolute Gasteiger partial charge is 0.484 e. The van der Waals surface area contributed by atoms with Gasteiger partial charge in [-0.3, -0.25) is 9.52 Å². The van der Waals surface area contributed by atoms with Crippen LogP contribution in [0.15, 0.2) is 76.1 Å². The SMILES string of the molecule is Cc1ccc(NC(=O)COc2ccc(S(=O)(=O)Nc3ccc(Br)cc3)cc2)cc1C. The Morgan fingerprint density at radius 3 is 2.17 bits per heavy atom. The van der Waals surface area contributed by atoms with Crippen molar-refractivity contribution in [3.63, 3.8) is 0 Å². The van der Waals surface area contributed by atoms with Crippen LogP contribution in [0.1, 0.15) is 11.1 Å². The topological polar surface area (TPSA) is 84.5 Å². The molecule has 0 aromatic heterocycles. The van der Waals surface area contributed by atoms with Crippen molar-refractivity contribution in [2.24, 2.45) is 0 Å². The molecule has 0 radical (unpaired) electrons. The molecule has 0 saturated heterocycles. The molecule has 1 amide bonds. The monoisotopic (exact) mass is 488 g/mol. The van der Waals surface area contributed by atoms with Crippen LogP contribution in [0.2, 0.25) is 0 Å². The summed E-state index contributed by atoms with van der Waals surface area (Å²) in [5, 5.41) is 2.77. The Labute approximate surface area is 184 Å². The number of rotatable bonds is 7. The van der Waals surface area contributed by atoms with Crippen molar-refractivity contribution in [2.75, 3.05) is 16.6 Å². The van der Waals surface area contributed by atoms with Crippen LogP contribution in [0.3, 0.4) is 0 Å². The highest BCUT2D eigenvalue weighted by Crippen LogP contribution is 2.21. The number of nitrogens with one attached hydrogen (secondary N) is 2. The summed E-state index contributed by atoms with van der Waals surface area (Å²) in [7, 11) is -3.72. The molecule has 0 aliphatic carbocycles. The zero-order valence-electron chi connectivity index (χ0n) is 16.5. The number of ether oxygens (including phenoxy) is 1. The maximum absolute atomic E-state index is 12.5. The Morgan fingerprint density at radius 2 is 1.53 bits per heavy atom. The fourth-order valence-corrected chi connectivity index (χ4v) is 3.94. The van der Waals surface area contributed by atoms with E-state index in [0.29, 0.717) is 17.1 Å². The standard InChI is InChI=1S/C22H21BrN2O4S/c1-15-3-6-19(13-16(15)2)24-22(26)14-29-20-9-11-21(12-10-20)30(27,28)25-18-7-4-17(23)5-8-18/h3-13,25H,14H2,1-2H3,(H,24,26). The Kier molecular flexibility index (Phi) is 6.79. The second kappa shape index (κ2) is 9.32. The molecular formula is C22H21BrN2O4S. The van der Waals surface area contributed by atoms with Crippen LogP contribution in [0.25, 0.3) is 0 Å². The van der Waals surface area contributed by atoms with Crippen LogP contribution in [0.5, 0.6) is 5.75 Å². The number of carbonyl (C=O) groups excluding carboxylic acids is 1. The van der Waals surface area contributed by atoms with Gasteiger partial charge in [-0.1, -0.05) is 22.0 Å². The Hall–Kier alpha value is -2.84. The Bertz CT molecular complexity index is 1140. The molecule has 0 heterocycles. The lowest BCUT2D eigenvalue weighted by atomic mass is 10.1. The van der Waals surface area contributed by atoms with E-state index in [2.05, 4.69) is 26.0 Å². The Balaban J connectivity index is 1.57. The molecule has 0 bridgehead atoms. The van der Waals surface area contributed by atoms with E-state index in [1.807, 2.05) is 32.0 Å². The fraction of sp³-hybridized carbons (Fsp3) is 0.136. The van der Waals surface area contributed by atoms with E-state index in [-0.39, 0.29) is 17.4 Å². The lowest BCUT2D eigenvalue weighted by Gasteiger charge is -2.11. The first-order valence-corrected chi connectivity index (χ1v) is 11.4. The molecule has 0 spiro atoms. The first kappa shape index (κ1) is 21.9. The summed E-state index contributed by atoms with van der Waals surface area (Å²) < 4.78 is 33.8. The molecular weight excluding hydrogens is 468 g/mol. The average molecular weight is 489 g/mol. The first-order valence-electron chi connectivity index (χ1n) is 9.11. The van der Waals surface area contributed by atoms with Gasteiger partial charge in [-0.2, -0.15) is 0 Å². The third kappa shape index (κ3) is 5.84. The van der Waals surface area contributed by atoms with Crippen molar-refractivity contribution >= 4 is 43.2 Å². The van der Waals surface area contributed by atoms with Gasteiger partial charge in [0.1, 0.15) is 5.75 Å². The van der Waals surface area contributed by atoms with Gasteiger partial charge in [0.2, 0.25) is 0 Å². The van der Waals surface area contributed by atoms with E-state index in [4.69, 9.17) is 4.74 Å². The zero-order valence-corrected chi connectivity index (χ0v) is 18.9. The summed E-state index contributed by atoms with van der Waals surface area (Å²) in [5.74, 6) is 0.0969. The van der Waals surface area contributed by atoms with Gasteiger partial charge in [-0.15, -0.1) is 0 Å². The Morgan fingerprint density at radius 1 is 0.900 bits per heavy atom. The van der Waals surface area contributed by atoms with Crippen molar-refractivity contribution in [3.8, 4) is 5.75 Å². The number of aryl methyl sites for hydroxylation is 2. The molecule has 3 aromatic carbocycles. The van der Waals surface area contributed by atoms with E-state index in [1.54, 1.807) is 24.3 Å². The number of hydrogen-bond donors (Lipinski definition) is 2. The van der Waals surface area contributed by atoms with Gasteiger partial charge in [0.05, 0.1) is 4.90 Å². The fourth-order valence-electron chi connectivity index (χ4n) is 2.61. The lowest BCUT2D eigenvalue weighted by molar-refractivity contribution is -0.118. The molecule has 0 atom stereocenters. The van der Waals surface area contributed by atoms with Gasteiger partial charge < -0.3 is 10.1 Å². The van der Waals surface area contributed by atoms with Gasteiger partial charge >= 0.3 is 0 Å². The van der Waals surface area contributed by atoms with Gasteiger partial charge in [0, 0.05) is 15.8 Å². The van der Waals surface area contributed by atoms with Crippen LogP contribution in [0, 0.1) is 13.8 Å². The molecule has 156 valence electrons. The number of hydrogen-bond acceptors (Lipinski definition) is 4. The number of halogens is 1. The molecule has 0 aliphatic heterocycles. The smallest absolute Gasteiger partial charge is 0.262 e. The number of benzene rings is 3. The quantitative estimate of drug-likeness (QED) is 0.495. The molecule has 6 nitrogen and oxygen atoms in total. The van der Waals surface area contributed by atoms with Gasteiger partial charge in [0.15, 0.2) is 6.61 Å². The number of carbonyl (C=O) groups is 1. The second-order valence-corrected chi connectivity index (χ2v) is 9.32. The predicted molar refractivity (Wildman–Crippen MR) is 121 cm³/mol. The number of anilines is 2. The molecule has 8 heteroatoms. The minimum absolute atomic E-state index is 0.0948. The molecule has 0 fully saturated rings. The second-order valence-electron chi connectivity index (χ2n) is 6.72. The highest BCUT2D eigenvalue weighted by Gasteiger charge is 2.14. The van der Waals surface area contributed by atoms with E-state index in [1.165, 1.54) is 24.3 Å². The molecule has 3 aromatic rings. The average Bonchev–Trinajstić information content (AvgIpc) is 2.71. The molecule has 0 saturated carbocycles. The normalized spacial score (nSPS) is 11.0. The van der Waals surface area contributed by atoms with E-state index in [9.17, 15) is 13.2 Å². The zero-order chi connectivity index (χ0) is 21.7. The van der Waals surface area contributed by atoms with Gasteiger partial charge in [0.25, 0.3) is 15.9 Å². The van der Waals surface area contributed by atoms with Crippen molar-refractivity contribution < 1.29 is 17.9 Å². The van der Waals surface area contributed by atoms with Gasteiger partial charge in [-0.05, 0) is 85.6 Å². The summed E-state index contributed by atoms with van der Waals surface area (Å²) in [6, 6.07) is 18.4. The summed E-state index contributed by atoms with van der Waals surface area (Å²) in [5.41, 5.74) is 3.39. The van der Waals surface area contributed by atoms with Crippen LogP contribution in [0.4, 0.5) is 11.4 Å². The predicted octanol–water partition coefficient (Wildman–Crippen LogP) is 4.88. The maximum Gasteiger partial charge on any atom is 0.262 e. The lowest BCUT2D eigenvalue weighted by Crippen LogP contribution is -2.20. The highest BCUT2D eigenvalue weighted by molar-refractivity contribution is 9.10. The molecule has 2 N–H and O–H groups in total. The van der Waals surface area contributed by atoms with Crippen LogP contribution >= 0.6 is 15.9 Å². The van der Waals surface area contributed by atoms with Crippen LogP contribution < -0.4 is 14.8 Å². The van der Waals surface area contributed by atoms with Crippen molar-refractivity contribution in [1.29, 1.82) is 0 Å². The van der Waals surface area contributed by atoms with E-state index >= 15 is 0 Å². The summed E-state index contributed by atoms with van der Waals surface area (Å²) in [6.45, 7) is 3.79.